The smallest absolute Gasteiger partial charge is 0.275 e. The number of fused-ring (bicyclic) bond motifs is 1. The van der Waals surface area contributed by atoms with Gasteiger partial charge in [-0.05, 0) is 38.6 Å². The molecule has 0 spiro atoms. The molecule has 0 unspecified atom stereocenters. The van der Waals surface area contributed by atoms with Crippen molar-refractivity contribution in [1.29, 1.82) is 0 Å². The lowest BCUT2D eigenvalue weighted by Gasteiger charge is -2.17. The lowest BCUT2D eigenvalue weighted by atomic mass is 10.2. The molecule has 1 aliphatic heterocycles. The average molecular weight is 409 g/mol. The van der Waals surface area contributed by atoms with Gasteiger partial charge in [-0.1, -0.05) is 0 Å². The molecular formula is C21H24FN7O. The van der Waals surface area contributed by atoms with E-state index in [-0.39, 0.29) is 11.3 Å². The Morgan fingerprint density at radius 3 is 2.87 bits per heavy atom. The van der Waals surface area contributed by atoms with Gasteiger partial charge in [-0.3, -0.25) is 4.79 Å². The summed E-state index contributed by atoms with van der Waals surface area (Å²) in [7, 11) is 0. The van der Waals surface area contributed by atoms with Gasteiger partial charge in [0.15, 0.2) is 11.5 Å². The number of hydrogen-bond acceptors (Lipinski definition) is 6. The van der Waals surface area contributed by atoms with E-state index in [9.17, 15) is 9.18 Å². The molecule has 2 aliphatic rings. The molecule has 0 radical (unpaired) electrons. The number of pyridine rings is 1. The molecule has 30 heavy (non-hydrogen) atoms. The van der Waals surface area contributed by atoms with Crippen LogP contribution in [0.15, 0.2) is 30.9 Å². The van der Waals surface area contributed by atoms with Crippen molar-refractivity contribution in [2.45, 2.75) is 32.2 Å². The van der Waals surface area contributed by atoms with Crippen LogP contribution in [0.4, 0.5) is 15.9 Å². The minimum Gasteiger partial charge on any atom is -0.354 e. The van der Waals surface area contributed by atoms with E-state index in [1.165, 1.54) is 25.1 Å². The van der Waals surface area contributed by atoms with Crippen molar-refractivity contribution >= 4 is 23.1 Å². The quantitative estimate of drug-likeness (QED) is 0.650. The summed E-state index contributed by atoms with van der Waals surface area (Å²) in [6, 6.07) is 1.73. The first-order valence-electron chi connectivity index (χ1n) is 10.3. The number of hydrogen-bond donors (Lipinski definition) is 2. The predicted molar refractivity (Wildman–Crippen MR) is 111 cm³/mol. The third-order valence-corrected chi connectivity index (χ3v) is 5.66. The fraction of sp³-hybridized carbons (Fsp3) is 0.429. The first-order valence-corrected chi connectivity index (χ1v) is 10.3. The minimum absolute atomic E-state index is 0.184. The Labute approximate surface area is 173 Å². The number of aromatic nitrogens is 4. The maximum atomic E-state index is 14.2. The van der Waals surface area contributed by atoms with E-state index in [1.54, 1.807) is 29.9 Å². The number of nitrogens with one attached hydrogen (secondary N) is 2. The van der Waals surface area contributed by atoms with E-state index < -0.39 is 11.7 Å². The van der Waals surface area contributed by atoms with Crippen LogP contribution in [0.5, 0.6) is 0 Å². The molecule has 9 heteroatoms. The van der Waals surface area contributed by atoms with E-state index >= 15 is 0 Å². The van der Waals surface area contributed by atoms with Crippen LogP contribution >= 0.6 is 0 Å². The molecular weight excluding hydrogens is 385 g/mol. The summed E-state index contributed by atoms with van der Waals surface area (Å²) in [6.07, 6.45) is 10.2. The van der Waals surface area contributed by atoms with Gasteiger partial charge in [-0.15, -0.1) is 0 Å². The van der Waals surface area contributed by atoms with Crippen LogP contribution in [0, 0.1) is 18.7 Å². The maximum absolute atomic E-state index is 14.2. The van der Waals surface area contributed by atoms with E-state index in [0.29, 0.717) is 17.4 Å². The van der Waals surface area contributed by atoms with Gasteiger partial charge in [0.2, 0.25) is 0 Å². The van der Waals surface area contributed by atoms with Crippen molar-refractivity contribution in [2.75, 3.05) is 29.9 Å². The molecule has 8 nitrogen and oxygen atoms in total. The zero-order chi connectivity index (χ0) is 20.7. The molecule has 1 atom stereocenters. The molecule has 3 aromatic heterocycles. The van der Waals surface area contributed by atoms with E-state index in [4.69, 9.17) is 0 Å². The number of anilines is 2. The van der Waals surface area contributed by atoms with E-state index in [2.05, 4.69) is 30.5 Å². The molecule has 0 aromatic carbocycles. The van der Waals surface area contributed by atoms with Crippen molar-refractivity contribution in [2.24, 2.45) is 5.92 Å². The zero-order valence-electron chi connectivity index (χ0n) is 16.8. The number of carbonyl (C=O) groups excluding carboxylic acids is 1. The second-order valence-corrected chi connectivity index (χ2v) is 8.19. The van der Waals surface area contributed by atoms with Gasteiger partial charge >= 0.3 is 0 Å². The summed E-state index contributed by atoms with van der Waals surface area (Å²) in [4.78, 5) is 27.5. The van der Waals surface area contributed by atoms with Crippen molar-refractivity contribution in [3.8, 4) is 0 Å². The number of nitrogens with zero attached hydrogens (tertiary/aromatic N) is 5. The Morgan fingerprint density at radius 2 is 2.10 bits per heavy atom. The molecule has 1 saturated heterocycles. The monoisotopic (exact) mass is 409 g/mol. The lowest BCUT2D eigenvalue weighted by molar-refractivity contribution is 0.102. The Bertz CT molecular complexity index is 1080. The highest BCUT2D eigenvalue weighted by atomic mass is 19.1. The van der Waals surface area contributed by atoms with Gasteiger partial charge in [0, 0.05) is 37.6 Å². The Morgan fingerprint density at radius 1 is 1.23 bits per heavy atom. The van der Waals surface area contributed by atoms with Gasteiger partial charge in [-0.2, -0.15) is 0 Å². The predicted octanol–water partition coefficient (Wildman–Crippen LogP) is 2.40. The van der Waals surface area contributed by atoms with Gasteiger partial charge in [0.25, 0.3) is 5.91 Å². The first kappa shape index (κ1) is 18.9. The highest BCUT2D eigenvalue weighted by Gasteiger charge is 2.27. The summed E-state index contributed by atoms with van der Waals surface area (Å²) >= 11 is 0. The number of carbonyl (C=O) groups is 1. The molecule has 2 fully saturated rings. The van der Waals surface area contributed by atoms with Crippen LogP contribution in [-0.4, -0.2) is 50.9 Å². The second-order valence-electron chi connectivity index (χ2n) is 8.19. The third kappa shape index (κ3) is 3.97. The van der Waals surface area contributed by atoms with Crippen LogP contribution in [-0.2, 0) is 0 Å². The molecule has 0 bridgehead atoms. The molecule has 2 N–H and O–H groups in total. The molecule has 5 rings (SSSR count). The highest BCUT2D eigenvalue weighted by Crippen LogP contribution is 2.28. The van der Waals surface area contributed by atoms with Gasteiger partial charge < -0.3 is 19.9 Å². The molecule has 3 aromatic rings. The van der Waals surface area contributed by atoms with Crippen molar-refractivity contribution in [3.63, 3.8) is 0 Å². The van der Waals surface area contributed by atoms with E-state index in [1.807, 2.05) is 0 Å². The number of amides is 1. The van der Waals surface area contributed by atoms with Gasteiger partial charge in [0.1, 0.15) is 11.5 Å². The van der Waals surface area contributed by atoms with Crippen LogP contribution in [0.1, 0.15) is 35.4 Å². The number of rotatable bonds is 6. The van der Waals surface area contributed by atoms with Crippen LogP contribution in [0.2, 0.25) is 0 Å². The third-order valence-electron chi connectivity index (χ3n) is 5.66. The largest absolute Gasteiger partial charge is 0.354 e. The van der Waals surface area contributed by atoms with Crippen molar-refractivity contribution < 1.29 is 9.18 Å². The zero-order valence-corrected chi connectivity index (χ0v) is 16.8. The maximum Gasteiger partial charge on any atom is 0.275 e. The molecule has 1 aliphatic carbocycles. The topological polar surface area (TPSA) is 87.5 Å². The normalized spacial score (nSPS) is 18.9. The summed E-state index contributed by atoms with van der Waals surface area (Å²) in [5, 5.41) is 6.30. The minimum atomic E-state index is -0.499. The fourth-order valence-corrected chi connectivity index (χ4v) is 3.83. The average Bonchev–Trinajstić information content (AvgIpc) is 3.30. The standard InChI is InChI=1S/C21H24FN7O/c1-13-10-29-12-16(6-17(22)20(29)26-13)27-21(30)18-8-25-19(9-24-18)28-5-4-15(11-28)23-7-14-2-3-14/h6,8-10,12,14-15,23H,2-5,7,11H2,1H3,(H,27,30)/t15-/m0/s1. The Hall–Kier alpha value is -3.07. The number of aryl methyl sites for hydroxylation is 1. The van der Waals surface area contributed by atoms with Gasteiger partial charge in [-0.25, -0.2) is 19.3 Å². The Kier molecular flexibility index (Phi) is 4.82. The molecule has 4 heterocycles. The fourth-order valence-electron chi connectivity index (χ4n) is 3.83. The van der Waals surface area contributed by atoms with E-state index in [0.717, 1.165) is 37.8 Å². The summed E-state index contributed by atoms with van der Waals surface area (Å²) in [5.41, 5.74) is 1.44. The number of imidazole rings is 1. The van der Waals surface area contributed by atoms with Crippen molar-refractivity contribution in [1.82, 2.24) is 24.7 Å². The Balaban J connectivity index is 1.22. The summed E-state index contributed by atoms with van der Waals surface area (Å²) < 4.78 is 15.8. The second kappa shape index (κ2) is 7.64. The van der Waals surface area contributed by atoms with Crippen LogP contribution in [0.25, 0.3) is 5.65 Å². The van der Waals surface area contributed by atoms with Crippen molar-refractivity contribution in [3.05, 3.63) is 48.1 Å². The van der Waals surface area contributed by atoms with Crippen LogP contribution in [0.3, 0.4) is 0 Å². The molecule has 156 valence electrons. The summed E-state index contributed by atoms with van der Waals surface area (Å²) in [5.74, 6) is 0.698. The lowest BCUT2D eigenvalue weighted by Crippen LogP contribution is -2.34. The van der Waals surface area contributed by atoms with Gasteiger partial charge in [0.05, 0.1) is 23.8 Å². The number of halogens is 1. The first-order chi connectivity index (χ1) is 14.5. The van der Waals surface area contributed by atoms with Crippen LogP contribution < -0.4 is 15.5 Å². The SMILES string of the molecule is Cc1cn2cc(NC(=O)c3cnc(N4CC[C@H](NCC5CC5)C4)cn3)cc(F)c2n1. The highest BCUT2D eigenvalue weighted by molar-refractivity contribution is 6.02. The summed E-state index contributed by atoms with van der Waals surface area (Å²) in [6.45, 7) is 4.71. The molecule has 1 amide bonds. The molecule has 1 saturated carbocycles.